The highest BCUT2D eigenvalue weighted by Gasteiger charge is 2.19. The van der Waals surface area contributed by atoms with E-state index in [0.29, 0.717) is 5.69 Å². The summed E-state index contributed by atoms with van der Waals surface area (Å²) in [6.45, 7) is 1.55. The molecule has 0 aliphatic rings. The van der Waals surface area contributed by atoms with Gasteiger partial charge < -0.3 is 4.74 Å². The SMILES string of the molecule is COc1ccnc(C)c1S(=O)(=O)Cl. The molecular weight excluding hydrogens is 214 g/mol. The molecule has 13 heavy (non-hydrogen) atoms. The van der Waals surface area contributed by atoms with Gasteiger partial charge in [0.25, 0.3) is 9.05 Å². The lowest BCUT2D eigenvalue weighted by atomic mass is 10.3. The quantitative estimate of drug-likeness (QED) is 0.707. The number of ether oxygens (including phenoxy) is 1. The summed E-state index contributed by atoms with van der Waals surface area (Å²) in [5, 5.41) is 0. The van der Waals surface area contributed by atoms with Crippen LogP contribution in [0.4, 0.5) is 0 Å². The van der Waals surface area contributed by atoms with Crippen LogP contribution >= 0.6 is 10.7 Å². The minimum atomic E-state index is -3.79. The van der Waals surface area contributed by atoms with Crippen LogP contribution in [0.5, 0.6) is 5.75 Å². The minimum absolute atomic E-state index is 0.0702. The fourth-order valence-electron chi connectivity index (χ4n) is 0.987. The van der Waals surface area contributed by atoms with E-state index in [1.54, 1.807) is 6.92 Å². The van der Waals surface area contributed by atoms with Gasteiger partial charge in [-0.3, -0.25) is 4.98 Å². The number of rotatable bonds is 2. The molecule has 0 aliphatic heterocycles. The van der Waals surface area contributed by atoms with Gasteiger partial charge in [0.05, 0.1) is 12.8 Å². The standard InChI is InChI=1S/C7H8ClNO3S/c1-5-7(13(8,10)11)6(12-2)3-4-9-5/h3-4H,1-2H3. The summed E-state index contributed by atoms with van der Waals surface area (Å²) in [5.74, 6) is 0.211. The third-order valence-corrected chi connectivity index (χ3v) is 2.96. The Balaban J connectivity index is 3.50. The second-order valence-electron chi connectivity index (χ2n) is 2.37. The van der Waals surface area contributed by atoms with E-state index in [1.807, 2.05) is 0 Å². The third kappa shape index (κ3) is 2.10. The summed E-state index contributed by atoms with van der Waals surface area (Å²) >= 11 is 0. The van der Waals surface area contributed by atoms with Crippen molar-refractivity contribution in [3.05, 3.63) is 18.0 Å². The molecule has 0 bridgehead atoms. The smallest absolute Gasteiger partial charge is 0.266 e. The fraction of sp³-hybridized carbons (Fsp3) is 0.286. The van der Waals surface area contributed by atoms with Gasteiger partial charge in [-0.05, 0) is 13.0 Å². The molecule has 1 heterocycles. The second kappa shape index (κ2) is 3.51. The number of hydrogen-bond acceptors (Lipinski definition) is 4. The van der Waals surface area contributed by atoms with Gasteiger partial charge in [0.1, 0.15) is 10.6 Å². The highest BCUT2D eigenvalue weighted by atomic mass is 35.7. The highest BCUT2D eigenvalue weighted by Crippen LogP contribution is 2.27. The molecule has 0 aromatic carbocycles. The summed E-state index contributed by atoms with van der Waals surface area (Å²) in [5.41, 5.74) is 0.328. The van der Waals surface area contributed by atoms with Gasteiger partial charge in [0.15, 0.2) is 0 Å². The maximum atomic E-state index is 11.1. The normalized spacial score (nSPS) is 11.3. The predicted molar refractivity (Wildman–Crippen MR) is 48.6 cm³/mol. The molecule has 72 valence electrons. The zero-order valence-corrected chi connectivity index (χ0v) is 8.69. The Bertz CT molecular complexity index is 416. The van der Waals surface area contributed by atoms with Gasteiger partial charge >= 0.3 is 0 Å². The summed E-state index contributed by atoms with van der Waals surface area (Å²) in [4.78, 5) is 3.74. The number of nitrogens with zero attached hydrogens (tertiary/aromatic N) is 1. The number of pyridine rings is 1. The first-order chi connectivity index (χ1) is 5.96. The molecule has 0 spiro atoms. The lowest BCUT2D eigenvalue weighted by Crippen LogP contribution is -2.00. The summed E-state index contributed by atoms with van der Waals surface area (Å²) < 4.78 is 27.0. The van der Waals surface area contributed by atoms with Crippen molar-refractivity contribution in [1.29, 1.82) is 0 Å². The van der Waals surface area contributed by atoms with E-state index in [9.17, 15) is 8.42 Å². The van der Waals surface area contributed by atoms with Crippen LogP contribution in [-0.2, 0) is 9.05 Å². The molecular formula is C7H8ClNO3S. The lowest BCUT2D eigenvalue weighted by molar-refractivity contribution is 0.401. The first-order valence-electron chi connectivity index (χ1n) is 3.41. The van der Waals surface area contributed by atoms with Gasteiger partial charge in [-0.15, -0.1) is 0 Å². The third-order valence-electron chi connectivity index (χ3n) is 1.51. The van der Waals surface area contributed by atoms with Crippen LogP contribution in [0.25, 0.3) is 0 Å². The summed E-state index contributed by atoms with van der Waals surface area (Å²) in [6.07, 6.45) is 1.46. The molecule has 6 heteroatoms. The Kier molecular flexibility index (Phi) is 2.77. The van der Waals surface area contributed by atoms with E-state index in [0.717, 1.165) is 0 Å². The zero-order chi connectivity index (χ0) is 10.1. The Morgan fingerprint density at radius 1 is 1.54 bits per heavy atom. The van der Waals surface area contributed by atoms with Crippen molar-refractivity contribution in [3.8, 4) is 5.75 Å². The molecule has 1 aromatic rings. The first-order valence-corrected chi connectivity index (χ1v) is 5.72. The topological polar surface area (TPSA) is 56.3 Å². The highest BCUT2D eigenvalue weighted by molar-refractivity contribution is 8.13. The number of hydrogen-bond donors (Lipinski definition) is 0. The summed E-state index contributed by atoms with van der Waals surface area (Å²) in [6, 6.07) is 1.45. The van der Waals surface area contributed by atoms with Crippen molar-refractivity contribution >= 4 is 19.7 Å². The number of aromatic nitrogens is 1. The number of aryl methyl sites for hydroxylation is 1. The molecule has 0 radical (unpaired) electrons. The van der Waals surface area contributed by atoms with Gasteiger partial charge in [-0.1, -0.05) is 0 Å². The van der Waals surface area contributed by atoms with Crippen molar-refractivity contribution in [2.45, 2.75) is 11.8 Å². The monoisotopic (exact) mass is 221 g/mol. The van der Waals surface area contributed by atoms with Gasteiger partial charge in [-0.25, -0.2) is 8.42 Å². The first kappa shape index (κ1) is 10.3. The van der Waals surface area contributed by atoms with Gasteiger partial charge in [0.2, 0.25) is 0 Å². The van der Waals surface area contributed by atoms with E-state index in [4.69, 9.17) is 15.4 Å². The molecule has 0 saturated heterocycles. The van der Waals surface area contributed by atoms with E-state index >= 15 is 0 Å². The largest absolute Gasteiger partial charge is 0.495 e. The number of halogens is 1. The lowest BCUT2D eigenvalue weighted by Gasteiger charge is -2.06. The van der Waals surface area contributed by atoms with Crippen LogP contribution in [0.1, 0.15) is 5.69 Å². The van der Waals surface area contributed by atoms with Crippen molar-refractivity contribution in [2.24, 2.45) is 0 Å². The fourth-order valence-corrected chi connectivity index (χ4v) is 2.35. The summed E-state index contributed by atoms with van der Waals surface area (Å²) in [7, 11) is 2.78. The average molecular weight is 222 g/mol. The van der Waals surface area contributed by atoms with E-state index < -0.39 is 9.05 Å². The number of methoxy groups -OCH3 is 1. The molecule has 0 unspecified atom stereocenters. The van der Waals surface area contributed by atoms with Crippen LogP contribution in [-0.4, -0.2) is 20.5 Å². The van der Waals surface area contributed by atoms with Crippen LogP contribution in [0.3, 0.4) is 0 Å². The molecule has 0 aliphatic carbocycles. The van der Waals surface area contributed by atoms with E-state index in [-0.39, 0.29) is 10.6 Å². The van der Waals surface area contributed by atoms with E-state index in [1.165, 1.54) is 19.4 Å². The van der Waals surface area contributed by atoms with Gasteiger partial charge in [-0.2, -0.15) is 0 Å². The van der Waals surface area contributed by atoms with E-state index in [2.05, 4.69) is 4.98 Å². The Morgan fingerprint density at radius 3 is 2.54 bits per heavy atom. The van der Waals surface area contributed by atoms with Gasteiger partial charge in [0, 0.05) is 16.9 Å². The molecule has 1 rings (SSSR count). The molecule has 4 nitrogen and oxygen atoms in total. The molecule has 0 fully saturated rings. The maximum Gasteiger partial charge on any atom is 0.266 e. The van der Waals surface area contributed by atoms with Crippen LogP contribution < -0.4 is 4.74 Å². The van der Waals surface area contributed by atoms with Crippen molar-refractivity contribution in [3.63, 3.8) is 0 Å². The van der Waals surface area contributed by atoms with Crippen molar-refractivity contribution in [1.82, 2.24) is 4.98 Å². The van der Waals surface area contributed by atoms with Crippen LogP contribution in [0.15, 0.2) is 17.2 Å². The average Bonchev–Trinajstić information content (AvgIpc) is 2.01. The molecule has 0 N–H and O–H groups in total. The Morgan fingerprint density at radius 2 is 2.15 bits per heavy atom. The molecule has 0 amide bonds. The second-order valence-corrected chi connectivity index (χ2v) is 4.87. The molecule has 0 saturated carbocycles. The van der Waals surface area contributed by atoms with Crippen molar-refractivity contribution < 1.29 is 13.2 Å². The molecule has 0 atom stereocenters. The van der Waals surface area contributed by atoms with Crippen LogP contribution in [0.2, 0.25) is 0 Å². The Labute approximate surface area is 80.9 Å². The minimum Gasteiger partial charge on any atom is -0.495 e. The predicted octanol–water partition coefficient (Wildman–Crippen LogP) is 1.33. The zero-order valence-electron chi connectivity index (χ0n) is 7.11. The van der Waals surface area contributed by atoms with Crippen LogP contribution in [0, 0.1) is 6.92 Å². The Hall–Kier alpha value is -0.810. The molecule has 1 aromatic heterocycles. The maximum absolute atomic E-state index is 11.1. The van der Waals surface area contributed by atoms with Crippen molar-refractivity contribution in [2.75, 3.05) is 7.11 Å².